The smallest absolute Gasteiger partial charge is 0.275 e. The molecule has 3 aromatic rings. The fourth-order valence-electron chi connectivity index (χ4n) is 3.09. The number of nitrogens with zero attached hydrogens (tertiary/aromatic N) is 5. The Kier molecular flexibility index (Phi) is 5.12. The molecule has 0 atom stereocenters. The molecule has 142 valence electrons. The summed E-state index contributed by atoms with van der Waals surface area (Å²) in [6.07, 6.45) is 3.65. The molecule has 0 fully saturated rings. The normalized spacial score (nSPS) is 11.5. The van der Waals surface area contributed by atoms with Crippen molar-refractivity contribution in [1.82, 2.24) is 24.5 Å². The minimum atomic E-state index is -0.195. The summed E-state index contributed by atoms with van der Waals surface area (Å²) in [4.78, 5) is 27.9. The fraction of sp³-hybridized carbons (Fsp3) is 0.400. The highest BCUT2D eigenvalue weighted by atomic mass is 16.2. The fourth-order valence-corrected chi connectivity index (χ4v) is 3.09. The third kappa shape index (κ3) is 3.63. The average Bonchev–Trinajstić information content (AvgIpc) is 3.04. The lowest BCUT2D eigenvalue weighted by Gasteiger charge is -2.26. The molecule has 0 saturated heterocycles. The van der Waals surface area contributed by atoms with E-state index in [9.17, 15) is 9.59 Å². The maximum atomic E-state index is 13.4. The Balaban J connectivity index is 2.12. The molecule has 7 heteroatoms. The van der Waals surface area contributed by atoms with Crippen molar-refractivity contribution in [2.45, 2.75) is 46.3 Å². The lowest BCUT2D eigenvalue weighted by Crippen LogP contribution is -2.38. The molecule has 1 amide bonds. The van der Waals surface area contributed by atoms with Gasteiger partial charge in [-0.1, -0.05) is 18.2 Å². The minimum Gasteiger partial charge on any atom is -0.330 e. The second-order valence-electron chi connectivity index (χ2n) is 7.29. The van der Waals surface area contributed by atoms with E-state index in [-0.39, 0.29) is 23.6 Å². The van der Waals surface area contributed by atoms with Crippen LogP contribution in [-0.2, 0) is 13.6 Å². The van der Waals surface area contributed by atoms with Gasteiger partial charge >= 0.3 is 0 Å². The zero-order chi connectivity index (χ0) is 19.7. The maximum Gasteiger partial charge on any atom is 0.275 e. The molecular weight excluding hydrogens is 342 g/mol. The summed E-state index contributed by atoms with van der Waals surface area (Å²) in [6, 6.07) is 6.98. The molecular formula is C20H25N5O2. The van der Waals surface area contributed by atoms with Gasteiger partial charge < -0.3 is 4.90 Å². The van der Waals surface area contributed by atoms with E-state index >= 15 is 0 Å². The van der Waals surface area contributed by atoms with Crippen molar-refractivity contribution >= 4 is 16.7 Å². The van der Waals surface area contributed by atoms with E-state index < -0.39 is 0 Å². The first-order chi connectivity index (χ1) is 12.8. The van der Waals surface area contributed by atoms with Gasteiger partial charge in [0.2, 0.25) is 0 Å². The van der Waals surface area contributed by atoms with Gasteiger partial charge in [0.05, 0.1) is 17.6 Å². The predicted molar refractivity (Wildman–Crippen MR) is 105 cm³/mol. The van der Waals surface area contributed by atoms with Crippen molar-refractivity contribution in [3.05, 3.63) is 58.3 Å². The Labute approximate surface area is 158 Å². The molecule has 0 radical (unpaired) electrons. The van der Waals surface area contributed by atoms with Gasteiger partial charge in [0.1, 0.15) is 0 Å². The van der Waals surface area contributed by atoms with E-state index in [4.69, 9.17) is 0 Å². The number of fused-ring (bicyclic) bond motifs is 1. The van der Waals surface area contributed by atoms with Crippen molar-refractivity contribution in [2.24, 2.45) is 7.05 Å². The van der Waals surface area contributed by atoms with E-state index in [0.29, 0.717) is 23.0 Å². The molecule has 0 aliphatic heterocycles. The number of aromatic nitrogens is 4. The van der Waals surface area contributed by atoms with Gasteiger partial charge in [-0.15, -0.1) is 0 Å². The Hall–Kier alpha value is -2.96. The summed E-state index contributed by atoms with van der Waals surface area (Å²) in [6.45, 7) is 8.13. The SMILES string of the molecule is CC(C)N(Cc1cnn(C)c1)C(=O)c1nn(C(C)C)c(=O)c2ccccc12. The molecule has 0 aliphatic rings. The second-order valence-corrected chi connectivity index (χ2v) is 7.29. The molecule has 0 unspecified atom stereocenters. The molecule has 0 bridgehead atoms. The third-order valence-electron chi connectivity index (χ3n) is 4.52. The number of carbonyl (C=O) groups is 1. The molecule has 7 nitrogen and oxygen atoms in total. The van der Waals surface area contributed by atoms with Crippen LogP contribution in [0.15, 0.2) is 41.5 Å². The zero-order valence-electron chi connectivity index (χ0n) is 16.4. The zero-order valence-corrected chi connectivity index (χ0v) is 16.4. The van der Waals surface area contributed by atoms with E-state index in [1.54, 1.807) is 34.0 Å². The van der Waals surface area contributed by atoms with Crippen LogP contribution in [0, 0.1) is 0 Å². The largest absolute Gasteiger partial charge is 0.330 e. The van der Waals surface area contributed by atoms with Crippen molar-refractivity contribution in [3.8, 4) is 0 Å². The standard InChI is InChI=1S/C20H25N5O2/c1-13(2)24(12-15-10-21-23(5)11-15)20(27)18-16-8-6-7-9-17(16)19(26)25(22-18)14(3)4/h6-11,13-14H,12H2,1-5H3. The van der Waals surface area contributed by atoms with Crippen molar-refractivity contribution < 1.29 is 4.79 Å². The summed E-state index contributed by atoms with van der Waals surface area (Å²) in [7, 11) is 1.85. The summed E-state index contributed by atoms with van der Waals surface area (Å²) in [5.41, 5.74) is 1.07. The van der Waals surface area contributed by atoms with E-state index in [1.807, 2.05) is 47.0 Å². The van der Waals surface area contributed by atoms with Gasteiger partial charge in [0.15, 0.2) is 5.69 Å². The predicted octanol–water partition coefficient (Wildman–Crippen LogP) is 2.76. The van der Waals surface area contributed by atoms with Gasteiger partial charge in [0, 0.05) is 36.8 Å². The summed E-state index contributed by atoms with van der Waals surface area (Å²) >= 11 is 0. The van der Waals surface area contributed by atoms with Crippen molar-refractivity contribution in [1.29, 1.82) is 0 Å². The number of amides is 1. The summed E-state index contributed by atoms with van der Waals surface area (Å²) in [5, 5.41) is 9.71. The molecule has 0 aliphatic carbocycles. The van der Waals surface area contributed by atoms with Crippen LogP contribution < -0.4 is 5.56 Å². The molecule has 2 aromatic heterocycles. The Morgan fingerprint density at radius 3 is 2.37 bits per heavy atom. The summed E-state index contributed by atoms with van der Waals surface area (Å²) in [5.74, 6) is -0.195. The highest BCUT2D eigenvalue weighted by Gasteiger charge is 2.25. The molecule has 1 aromatic carbocycles. The van der Waals surface area contributed by atoms with Crippen molar-refractivity contribution in [2.75, 3.05) is 0 Å². The highest BCUT2D eigenvalue weighted by molar-refractivity contribution is 6.04. The average molecular weight is 367 g/mol. The van der Waals surface area contributed by atoms with Gasteiger partial charge in [-0.25, -0.2) is 4.68 Å². The molecule has 0 N–H and O–H groups in total. The lowest BCUT2D eigenvalue weighted by molar-refractivity contribution is 0.0683. The monoisotopic (exact) mass is 367 g/mol. The van der Waals surface area contributed by atoms with Crippen LogP contribution in [0.5, 0.6) is 0 Å². The van der Waals surface area contributed by atoms with Gasteiger partial charge in [-0.3, -0.25) is 14.3 Å². The van der Waals surface area contributed by atoms with Crippen LogP contribution in [0.25, 0.3) is 10.8 Å². The number of hydrogen-bond donors (Lipinski definition) is 0. The third-order valence-corrected chi connectivity index (χ3v) is 4.52. The van der Waals surface area contributed by atoms with E-state index in [0.717, 1.165) is 5.56 Å². The Bertz CT molecular complexity index is 1030. The molecule has 0 spiro atoms. The topological polar surface area (TPSA) is 73.0 Å². The molecule has 2 heterocycles. The summed E-state index contributed by atoms with van der Waals surface area (Å²) < 4.78 is 3.10. The quantitative estimate of drug-likeness (QED) is 0.695. The minimum absolute atomic E-state index is 0.0299. The Morgan fingerprint density at radius 1 is 1.15 bits per heavy atom. The number of carbonyl (C=O) groups excluding carboxylic acids is 1. The number of rotatable bonds is 5. The molecule has 3 rings (SSSR count). The van der Waals surface area contributed by atoms with Crippen molar-refractivity contribution in [3.63, 3.8) is 0 Å². The molecule has 0 saturated carbocycles. The van der Waals surface area contributed by atoms with Crippen LogP contribution in [0.4, 0.5) is 0 Å². The number of benzene rings is 1. The number of hydrogen-bond acceptors (Lipinski definition) is 4. The Morgan fingerprint density at radius 2 is 1.81 bits per heavy atom. The van der Waals surface area contributed by atoms with Gasteiger partial charge in [-0.2, -0.15) is 10.2 Å². The van der Waals surface area contributed by atoms with Gasteiger partial charge in [-0.05, 0) is 33.8 Å². The van der Waals surface area contributed by atoms with Crippen LogP contribution in [0.1, 0.15) is 49.8 Å². The lowest BCUT2D eigenvalue weighted by atomic mass is 10.1. The van der Waals surface area contributed by atoms with Crippen LogP contribution in [-0.4, -0.2) is 36.4 Å². The van der Waals surface area contributed by atoms with E-state index in [2.05, 4.69) is 10.2 Å². The molecule has 27 heavy (non-hydrogen) atoms. The van der Waals surface area contributed by atoms with Gasteiger partial charge in [0.25, 0.3) is 11.5 Å². The first-order valence-electron chi connectivity index (χ1n) is 9.09. The van der Waals surface area contributed by atoms with Crippen LogP contribution in [0.3, 0.4) is 0 Å². The van der Waals surface area contributed by atoms with Crippen LogP contribution in [0.2, 0.25) is 0 Å². The number of aryl methyl sites for hydroxylation is 1. The van der Waals surface area contributed by atoms with Crippen LogP contribution >= 0.6 is 0 Å². The highest BCUT2D eigenvalue weighted by Crippen LogP contribution is 2.19. The second kappa shape index (κ2) is 7.34. The first-order valence-corrected chi connectivity index (χ1v) is 9.09. The van der Waals surface area contributed by atoms with E-state index in [1.165, 1.54) is 4.68 Å². The first kappa shape index (κ1) is 18.8. The maximum absolute atomic E-state index is 13.4.